The number of aryl methyl sites for hydroxylation is 2. The van der Waals surface area contributed by atoms with Crippen molar-refractivity contribution in [1.29, 1.82) is 0 Å². The van der Waals surface area contributed by atoms with Gasteiger partial charge in [0.05, 0.1) is 11.1 Å². The highest BCUT2D eigenvalue weighted by molar-refractivity contribution is 7.18. The first-order chi connectivity index (χ1) is 15.4. The molecule has 0 unspecified atom stereocenters. The molecule has 4 N–H and O–H groups in total. The summed E-state index contributed by atoms with van der Waals surface area (Å²) in [5.41, 5.74) is 1.66. The van der Waals surface area contributed by atoms with Crippen molar-refractivity contribution in [2.45, 2.75) is 26.3 Å². The number of carbonyl (C=O) groups is 3. The van der Waals surface area contributed by atoms with Crippen LogP contribution in [0.3, 0.4) is 0 Å². The predicted molar refractivity (Wildman–Crippen MR) is 119 cm³/mol. The van der Waals surface area contributed by atoms with Gasteiger partial charge in [0.15, 0.2) is 6.61 Å². The number of carbonyl (C=O) groups excluding carboxylic acids is 3. The summed E-state index contributed by atoms with van der Waals surface area (Å²) in [4.78, 5) is 56.4. The Kier molecular flexibility index (Phi) is 5.91. The number of nitrogens with one attached hydrogen (secondary N) is 4. The van der Waals surface area contributed by atoms with Gasteiger partial charge in [0.25, 0.3) is 17.4 Å². The molecule has 3 heterocycles. The number of anilines is 1. The quantitative estimate of drug-likeness (QED) is 0.440. The Hall–Kier alpha value is -3.73. The van der Waals surface area contributed by atoms with Crippen LogP contribution < -0.4 is 26.2 Å². The second-order valence-corrected chi connectivity index (χ2v) is 8.35. The van der Waals surface area contributed by atoms with E-state index in [4.69, 9.17) is 4.74 Å². The highest BCUT2D eigenvalue weighted by Gasteiger charge is 2.19. The number of thiophene rings is 1. The number of ether oxygens (including phenoxy) is 1. The zero-order valence-corrected chi connectivity index (χ0v) is 18.3. The summed E-state index contributed by atoms with van der Waals surface area (Å²) >= 11 is 1.31. The van der Waals surface area contributed by atoms with Gasteiger partial charge in [-0.15, -0.1) is 11.3 Å². The van der Waals surface area contributed by atoms with Gasteiger partial charge in [0.1, 0.15) is 10.6 Å². The molecule has 0 fully saturated rings. The van der Waals surface area contributed by atoms with Crippen LogP contribution >= 0.6 is 11.3 Å². The molecule has 3 amide bonds. The maximum atomic E-state index is 12.6. The molecule has 0 saturated heterocycles. The Morgan fingerprint density at radius 2 is 2.09 bits per heavy atom. The van der Waals surface area contributed by atoms with Gasteiger partial charge < -0.3 is 25.7 Å². The number of rotatable bonds is 6. The minimum atomic E-state index is -0.528. The van der Waals surface area contributed by atoms with Gasteiger partial charge in [-0.3, -0.25) is 19.2 Å². The monoisotopic (exact) mass is 455 g/mol. The average molecular weight is 455 g/mol. The third kappa shape index (κ3) is 4.33. The first kappa shape index (κ1) is 21.5. The van der Waals surface area contributed by atoms with Gasteiger partial charge in [0.2, 0.25) is 11.7 Å². The van der Waals surface area contributed by atoms with Crippen LogP contribution in [-0.2, 0) is 22.6 Å². The van der Waals surface area contributed by atoms with E-state index in [2.05, 4.69) is 25.9 Å². The van der Waals surface area contributed by atoms with Crippen LogP contribution in [0.1, 0.15) is 33.0 Å². The second-order valence-electron chi connectivity index (χ2n) is 7.27. The van der Waals surface area contributed by atoms with Gasteiger partial charge >= 0.3 is 0 Å². The highest BCUT2D eigenvalue weighted by atomic mass is 32.1. The largest absolute Gasteiger partial charge is 0.482 e. The van der Waals surface area contributed by atoms with E-state index >= 15 is 0 Å². The van der Waals surface area contributed by atoms with E-state index in [9.17, 15) is 19.2 Å². The fourth-order valence-electron chi connectivity index (χ4n) is 3.39. The fourth-order valence-corrected chi connectivity index (χ4v) is 4.57. The number of benzene rings is 1. The molecule has 0 radical (unpaired) electrons. The van der Waals surface area contributed by atoms with E-state index in [1.165, 1.54) is 11.3 Å². The first-order valence-electron chi connectivity index (χ1n) is 9.92. The van der Waals surface area contributed by atoms with Crippen molar-refractivity contribution in [3.63, 3.8) is 0 Å². The summed E-state index contributed by atoms with van der Waals surface area (Å²) in [6, 6.07) is 5.21. The average Bonchev–Trinajstić information content (AvgIpc) is 3.11. The number of fused-ring (bicyclic) bond motifs is 2. The van der Waals surface area contributed by atoms with E-state index < -0.39 is 11.5 Å². The van der Waals surface area contributed by atoms with Crippen LogP contribution in [0.5, 0.6) is 5.75 Å². The van der Waals surface area contributed by atoms with Crippen molar-refractivity contribution >= 4 is 45.0 Å². The van der Waals surface area contributed by atoms with Gasteiger partial charge in [-0.2, -0.15) is 0 Å². The Morgan fingerprint density at radius 1 is 1.28 bits per heavy atom. The topological polar surface area (TPSA) is 142 Å². The Balaban J connectivity index is 1.50. The van der Waals surface area contributed by atoms with E-state index in [1.54, 1.807) is 25.2 Å². The molecule has 166 valence electrons. The number of aromatic amines is 1. The van der Waals surface area contributed by atoms with Crippen molar-refractivity contribution in [3.05, 3.63) is 50.4 Å². The molecule has 0 bridgehead atoms. The van der Waals surface area contributed by atoms with Crippen molar-refractivity contribution in [3.8, 4) is 5.75 Å². The molecule has 0 spiro atoms. The van der Waals surface area contributed by atoms with Crippen LogP contribution in [0.2, 0.25) is 0 Å². The summed E-state index contributed by atoms with van der Waals surface area (Å²) < 4.78 is 5.32. The molecule has 0 aliphatic carbocycles. The number of H-pyrrole nitrogens is 1. The minimum Gasteiger partial charge on any atom is -0.482 e. The van der Waals surface area contributed by atoms with Gasteiger partial charge in [-0.25, -0.2) is 4.98 Å². The molecule has 0 atom stereocenters. The van der Waals surface area contributed by atoms with Gasteiger partial charge in [0, 0.05) is 24.9 Å². The number of nitrogens with zero attached hydrogens (tertiary/aromatic N) is 1. The van der Waals surface area contributed by atoms with E-state index in [-0.39, 0.29) is 30.8 Å². The zero-order chi connectivity index (χ0) is 22.8. The molecule has 1 aromatic carbocycles. The standard InChI is InChI=1S/C21H21N5O5S/c1-10-14(5-6-15(27)22-2)32-21-17(10)19(29)25-18(26-21)20(30)23-8-11-3-4-13-12(7-11)24-16(28)9-31-13/h3-4,7H,5-6,8-9H2,1-2H3,(H,22,27)(H,23,30)(H,24,28)(H,25,26,29). The lowest BCUT2D eigenvalue weighted by molar-refractivity contribution is -0.120. The molecule has 0 saturated carbocycles. The van der Waals surface area contributed by atoms with Crippen LogP contribution in [0, 0.1) is 6.92 Å². The summed E-state index contributed by atoms with van der Waals surface area (Å²) in [5, 5.41) is 8.44. The van der Waals surface area contributed by atoms with Crippen molar-refractivity contribution < 1.29 is 19.1 Å². The summed E-state index contributed by atoms with van der Waals surface area (Å²) in [7, 11) is 1.57. The summed E-state index contributed by atoms with van der Waals surface area (Å²) in [6.07, 6.45) is 0.799. The maximum absolute atomic E-state index is 12.6. The summed E-state index contributed by atoms with van der Waals surface area (Å²) in [6.45, 7) is 1.96. The Bertz CT molecular complexity index is 1300. The third-order valence-corrected chi connectivity index (χ3v) is 6.35. The molecular formula is C21H21N5O5S. The van der Waals surface area contributed by atoms with Crippen molar-refractivity contribution in [1.82, 2.24) is 20.6 Å². The molecule has 1 aliphatic rings. The zero-order valence-electron chi connectivity index (χ0n) is 17.5. The molecule has 3 aromatic rings. The molecule has 4 rings (SSSR count). The number of hydrogen-bond donors (Lipinski definition) is 4. The molecule has 11 heteroatoms. The van der Waals surface area contributed by atoms with Crippen molar-refractivity contribution in [2.75, 3.05) is 19.0 Å². The summed E-state index contributed by atoms with van der Waals surface area (Å²) in [5.74, 6) is -0.376. The fraction of sp³-hybridized carbons (Fsp3) is 0.286. The molecule has 10 nitrogen and oxygen atoms in total. The number of aromatic nitrogens is 2. The van der Waals surface area contributed by atoms with E-state index in [0.717, 1.165) is 16.0 Å². The molecule has 32 heavy (non-hydrogen) atoms. The van der Waals surface area contributed by atoms with Gasteiger partial charge in [-0.1, -0.05) is 6.07 Å². The lowest BCUT2D eigenvalue weighted by Gasteiger charge is -2.18. The minimum absolute atomic E-state index is 0.0275. The predicted octanol–water partition coefficient (Wildman–Crippen LogP) is 1.23. The van der Waals surface area contributed by atoms with Crippen LogP contribution in [0.4, 0.5) is 5.69 Å². The Labute approximate surface area is 186 Å². The number of amides is 3. The lowest BCUT2D eigenvalue weighted by atomic mass is 10.1. The van der Waals surface area contributed by atoms with Crippen LogP contribution in [0.15, 0.2) is 23.0 Å². The normalized spacial score (nSPS) is 12.6. The third-order valence-electron chi connectivity index (χ3n) is 5.10. The van der Waals surface area contributed by atoms with Gasteiger partial charge in [-0.05, 0) is 36.6 Å². The second kappa shape index (κ2) is 8.79. The lowest BCUT2D eigenvalue weighted by Crippen LogP contribution is -2.28. The first-order valence-corrected chi connectivity index (χ1v) is 10.7. The molecule has 2 aromatic heterocycles. The Morgan fingerprint density at radius 3 is 2.88 bits per heavy atom. The molecule has 1 aliphatic heterocycles. The smallest absolute Gasteiger partial charge is 0.287 e. The SMILES string of the molecule is CNC(=O)CCc1sc2nc(C(=O)NCc3ccc4c(c3)NC(=O)CO4)[nH]c(=O)c2c1C. The van der Waals surface area contributed by atoms with Crippen LogP contribution in [-0.4, -0.2) is 41.3 Å². The van der Waals surface area contributed by atoms with Crippen molar-refractivity contribution in [2.24, 2.45) is 0 Å². The highest BCUT2D eigenvalue weighted by Crippen LogP contribution is 2.29. The number of hydrogen-bond acceptors (Lipinski definition) is 7. The van der Waals surface area contributed by atoms with Crippen LogP contribution in [0.25, 0.3) is 10.2 Å². The van der Waals surface area contributed by atoms with E-state index in [0.29, 0.717) is 34.5 Å². The van der Waals surface area contributed by atoms with E-state index in [1.807, 2.05) is 6.92 Å². The maximum Gasteiger partial charge on any atom is 0.287 e. The molecular weight excluding hydrogens is 434 g/mol.